The molecule has 1 aliphatic carbocycles. The molecule has 3 rings (SSSR count). The van der Waals surface area contributed by atoms with Crippen LogP contribution in [0.5, 0.6) is 0 Å². The highest BCUT2D eigenvalue weighted by Gasteiger charge is 2.30. The van der Waals surface area contributed by atoms with Gasteiger partial charge in [0.05, 0.1) is 17.9 Å². The minimum atomic E-state index is 0.554. The predicted octanol–water partition coefficient (Wildman–Crippen LogP) is 0.519. The highest BCUT2D eigenvalue weighted by Crippen LogP contribution is 2.41. The fourth-order valence-electron chi connectivity index (χ4n) is 1.93. The smallest absolute Gasteiger partial charge is 0.169 e. The van der Waals surface area contributed by atoms with Crippen LogP contribution < -0.4 is 5.73 Å². The SMILES string of the molecule is Cn1ccc(Cn2nnc(N)c2C2CC2)n1. The number of anilines is 1. The van der Waals surface area contributed by atoms with Crippen LogP contribution in [0.15, 0.2) is 12.3 Å². The molecule has 2 aromatic rings. The van der Waals surface area contributed by atoms with Crippen molar-refractivity contribution in [1.29, 1.82) is 0 Å². The number of hydrogen-bond donors (Lipinski definition) is 1. The Morgan fingerprint density at radius 1 is 1.50 bits per heavy atom. The lowest BCUT2D eigenvalue weighted by Gasteiger charge is -2.03. The van der Waals surface area contributed by atoms with Gasteiger partial charge in [0.1, 0.15) is 0 Å². The molecule has 1 fully saturated rings. The van der Waals surface area contributed by atoms with Crippen LogP contribution in [0.2, 0.25) is 0 Å². The summed E-state index contributed by atoms with van der Waals surface area (Å²) in [5.41, 5.74) is 7.88. The zero-order valence-corrected chi connectivity index (χ0v) is 9.17. The Morgan fingerprint density at radius 2 is 2.31 bits per heavy atom. The monoisotopic (exact) mass is 218 g/mol. The van der Waals surface area contributed by atoms with Gasteiger partial charge in [-0.15, -0.1) is 5.10 Å². The summed E-state index contributed by atoms with van der Waals surface area (Å²) in [6, 6.07) is 1.98. The Balaban J connectivity index is 1.89. The second-order valence-corrected chi connectivity index (χ2v) is 4.27. The minimum absolute atomic E-state index is 0.554. The first kappa shape index (κ1) is 9.38. The largest absolute Gasteiger partial charge is 0.381 e. The van der Waals surface area contributed by atoms with Gasteiger partial charge < -0.3 is 5.73 Å². The molecule has 2 N–H and O–H groups in total. The van der Waals surface area contributed by atoms with Crippen molar-refractivity contribution in [1.82, 2.24) is 24.8 Å². The topological polar surface area (TPSA) is 74.5 Å². The normalized spacial score (nSPS) is 15.6. The van der Waals surface area contributed by atoms with Crippen molar-refractivity contribution in [2.45, 2.75) is 25.3 Å². The molecule has 0 unspecified atom stereocenters. The van der Waals surface area contributed by atoms with Gasteiger partial charge in [-0.3, -0.25) is 4.68 Å². The number of nitrogens with zero attached hydrogens (tertiary/aromatic N) is 5. The second kappa shape index (κ2) is 3.33. The molecule has 0 atom stereocenters. The third-order valence-corrected chi connectivity index (χ3v) is 2.85. The molecule has 1 saturated carbocycles. The summed E-state index contributed by atoms with van der Waals surface area (Å²) in [5, 5.41) is 12.3. The van der Waals surface area contributed by atoms with Gasteiger partial charge in [0.15, 0.2) is 5.82 Å². The molecular formula is C10H14N6. The fraction of sp³-hybridized carbons (Fsp3) is 0.500. The van der Waals surface area contributed by atoms with Gasteiger partial charge in [-0.1, -0.05) is 5.21 Å². The summed E-state index contributed by atoms with van der Waals surface area (Å²) < 4.78 is 3.65. The maximum Gasteiger partial charge on any atom is 0.169 e. The van der Waals surface area contributed by atoms with Gasteiger partial charge in [-0.25, -0.2) is 4.68 Å². The lowest BCUT2D eigenvalue weighted by Crippen LogP contribution is -2.07. The molecule has 2 aromatic heterocycles. The zero-order valence-electron chi connectivity index (χ0n) is 9.17. The van der Waals surface area contributed by atoms with Crippen molar-refractivity contribution >= 4 is 5.82 Å². The second-order valence-electron chi connectivity index (χ2n) is 4.27. The van der Waals surface area contributed by atoms with Gasteiger partial charge in [-0.2, -0.15) is 5.10 Å². The van der Waals surface area contributed by atoms with E-state index in [1.54, 1.807) is 4.68 Å². The van der Waals surface area contributed by atoms with E-state index in [0.29, 0.717) is 18.3 Å². The number of nitrogen functional groups attached to an aromatic ring is 1. The van der Waals surface area contributed by atoms with E-state index in [-0.39, 0.29) is 0 Å². The van der Waals surface area contributed by atoms with Crippen LogP contribution >= 0.6 is 0 Å². The molecule has 6 nitrogen and oxygen atoms in total. The highest BCUT2D eigenvalue weighted by molar-refractivity contribution is 5.38. The van der Waals surface area contributed by atoms with Crippen molar-refractivity contribution in [2.75, 3.05) is 5.73 Å². The van der Waals surface area contributed by atoms with E-state index in [0.717, 1.165) is 11.4 Å². The van der Waals surface area contributed by atoms with Crippen LogP contribution in [0.1, 0.15) is 30.1 Å². The molecule has 0 saturated heterocycles. The quantitative estimate of drug-likeness (QED) is 0.815. The molecule has 0 bridgehead atoms. The summed E-state index contributed by atoms with van der Waals surface area (Å²) >= 11 is 0. The molecule has 84 valence electrons. The molecular weight excluding hydrogens is 204 g/mol. The Morgan fingerprint density at radius 3 is 2.94 bits per heavy atom. The van der Waals surface area contributed by atoms with Gasteiger partial charge in [0, 0.05) is 19.2 Å². The van der Waals surface area contributed by atoms with Crippen molar-refractivity contribution in [3.63, 3.8) is 0 Å². The first-order chi connectivity index (χ1) is 7.74. The van der Waals surface area contributed by atoms with Crippen LogP contribution in [0.25, 0.3) is 0 Å². The molecule has 16 heavy (non-hydrogen) atoms. The summed E-state index contributed by atoms with van der Waals surface area (Å²) in [7, 11) is 1.90. The van der Waals surface area contributed by atoms with E-state index in [1.165, 1.54) is 12.8 Å². The van der Waals surface area contributed by atoms with Crippen LogP contribution in [0.4, 0.5) is 5.82 Å². The van der Waals surface area contributed by atoms with E-state index in [2.05, 4.69) is 15.4 Å². The number of rotatable bonds is 3. The Hall–Kier alpha value is -1.85. The van der Waals surface area contributed by atoms with Crippen molar-refractivity contribution < 1.29 is 0 Å². The first-order valence-corrected chi connectivity index (χ1v) is 5.41. The molecule has 0 aliphatic heterocycles. The number of nitrogens with two attached hydrogens (primary N) is 1. The van der Waals surface area contributed by atoms with Crippen LogP contribution in [0.3, 0.4) is 0 Å². The third kappa shape index (κ3) is 1.56. The predicted molar refractivity (Wildman–Crippen MR) is 58.7 cm³/mol. The minimum Gasteiger partial charge on any atom is -0.381 e. The van der Waals surface area contributed by atoms with Crippen LogP contribution in [-0.2, 0) is 13.6 Å². The summed E-state index contributed by atoms with van der Waals surface area (Å²) in [6.07, 6.45) is 4.31. The molecule has 1 aliphatic rings. The average molecular weight is 218 g/mol. The lowest BCUT2D eigenvalue weighted by atomic mass is 10.3. The number of hydrogen-bond acceptors (Lipinski definition) is 4. The average Bonchev–Trinajstić information content (AvgIpc) is 2.91. The van der Waals surface area contributed by atoms with E-state index < -0.39 is 0 Å². The molecule has 0 aromatic carbocycles. The zero-order chi connectivity index (χ0) is 11.1. The third-order valence-electron chi connectivity index (χ3n) is 2.85. The van der Waals surface area contributed by atoms with E-state index in [9.17, 15) is 0 Å². The molecule has 2 heterocycles. The van der Waals surface area contributed by atoms with E-state index in [4.69, 9.17) is 5.73 Å². The fourth-order valence-corrected chi connectivity index (χ4v) is 1.93. The van der Waals surface area contributed by atoms with Gasteiger partial charge in [-0.05, 0) is 18.9 Å². The number of aryl methyl sites for hydroxylation is 1. The molecule has 0 amide bonds. The highest BCUT2D eigenvalue weighted by atomic mass is 15.5. The molecule has 0 spiro atoms. The summed E-state index contributed by atoms with van der Waals surface area (Å²) in [5.74, 6) is 1.12. The van der Waals surface area contributed by atoms with Crippen molar-refractivity contribution in [3.05, 3.63) is 23.7 Å². The van der Waals surface area contributed by atoms with E-state index in [1.807, 2.05) is 24.0 Å². The Kier molecular flexibility index (Phi) is 1.95. The van der Waals surface area contributed by atoms with Crippen LogP contribution in [0, 0.1) is 0 Å². The first-order valence-electron chi connectivity index (χ1n) is 5.41. The van der Waals surface area contributed by atoms with Gasteiger partial charge in [0.2, 0.25) is 0 Å². The maximum absolute atomic E-state index is 5.82. The molecule has 6 heteroatoms. The van der Waals surface area contributed by atoms with E-state index >= 15 is 0 Å². The van der Waals surface area contributed by atoms with Gasteiger partial charge >= 0.3 is 0 Å². The standard InChI is InChI=1S/C10H14N6/c1-15-5-4-8(13-15)6-16-9(7-2-3-7)10(11)12-14-16/h4-5,7H,2-3,6,11H2,1H3. The summed E-state index contributed by atoms with van der Waals surface area (Å²) in [4.78, 5) is 0. The molecule has 0 radical (unpaired) electrons. The van der Waals surface area contributed by atoms with Crippen molar-refractivity contribution in [2.24, 2.45) is 7.05 Å². The Labute approximate surface area is 93.0 Å². The maximum atomic E-state index is 5.82. The van der Waals surface area contributed by atoms with Crippen LogP contribution in [-0.4, -0.2) is 24.8 Å². The van der Waals surface area contributed by atoms with Gasteiger partial charge in [0.25, 0.3) is 0 Å². The summed E-state index contributed by atoms with van der Waals surface area (Å²) in [6.45, 7) is 0.650. The van der Waals surface area contributed by atoms with Crippen molar-refractivity contribution in [3.8, 4) is 0 Å². The number of aromatic nitrogens is 5. The lowest BCUT2D eigenvalue weighted by molar-refractivity contribution is 0.600. The Bertz CT molecular complexity index is 507.